The number of imide groups is 2. The molecule has 14 nitrogen and oxygen atoms in total. The van der Waals surface area contributed by atoms with Crippen molar-refractivity contribution < 1.29 is 49.6 Å². The molecule has 0 aliphatic carbocycles. The van der Waals surface area contributed by atoms with Gasteiger partial charge in [0.25, 0.3) is 0 Å². The average Bonchev–Trinajstić information content (AvgIpc) is 4.19. The van der Waals surface area contributed by atoms with Crippen molar-refractivity contribution in [1.29, 1.82) is 0 Å². The Labute approximate surface area is 378 Å². The van der Waals surface area contributed by atoms with Gasteiger partial charge in [0, 0.05) is 38.9 Å². The number of amides is 4. The molecule has 14 heteroatoms. The zero-order valence-corrected chi connectivity index (χ0v) is 35.8. The van der Waals surface area contributed by atoms with Gasteiger partial charge in [-0.25, -0.2) is 19.4 Å². The second-order valence-electron chi connectivity index (χ2n) is 16.1. The Morgan fingerprint density at radius 2 is 1.02 bits per heavy atom. The number of phenolic OH excluding ortho intramolecular Hbond substituents is 1. The highest BCUT2D eigenvalue weighted by molar-refractivity contribution is 6.00. The van der Waals surface area contributed by atoms with Crippen molar-refractivity contribution in [3.8, 4) is 11.5 Å². The number of aromatic hydroxyl groups is 1. The first kappa shape index (κ1) is 44.1. The summed E-state index contributed by atoms with van der Waals surface area (Å²) >= 11 is 0. The molecule has 0 bridgehead atoms. The lowest BCUT2D eigenvalue weighted by Crippen LogP contribution is -2.41. The van der Waals surface area contributed by atoms with E-state index in [-0.39, 0.29) is 69.0 Å². The van der Waals surface area contributed by atoms with Crippen molar-refractivity contribution in [1.82, 2.24) is 9.80 Å². The Balaban J connectivity index is 0.000000198. The molecule has 2 saturated heterocycles. The molecule has 0 radical (unpaired) electrons. The largest absolute Gasteiger partial charge is 0.508 e. The zero-order chi connectivity index (χ0) is 45.0. The van der Waals surface area contributed by atoms with E-state index in [1.807, 2.05) is 115 Å². The molecule has 0 unspecified atom stereocenters. The molecule has 4 aliphatic rings. The van der Waals surface area contributed by atoms with E-state index in [2.05, 4.69) is 10.3 Å². The molecule has 4 aliphatic heterocycles. The van der Waals surface area contributed by atoms with E-state index in [1.54, 1.807) is 24.3 Å². The second-order valence-corrected chi connectivity index (χ2v) is 16.1. The normalized spacial score (nSPS) is 18.5. The first-order valence-electron chi connectivity index (χ1n) is 21.8. The Hall–Kier alpha value is -7.48. The van der Waals surface area contributed by atoms with E-state index in [1.165, 1.54) is 9.80 Å². The summed E-state index contributed by atoms with van der Waals surface area (Å²) < 4.78 is 16.3. The fourth-order valence-electron chi connectivity index (χ4n) is 8.38. The third-order valence-corrected chi connectivity index (χ3v) is 11.7. The lowest BCUT2D eigenvalue weighted by Gasteiger charge is -2.23. The zero-order valence-electron chi connectivity index (χ0n) is 35.8. The summed E-state index contributed by atoms with van der Waals surface area (Å²) in [5.41, 5.74) is 6.50. The van der Waals surface area contributed by atoms with Gasteiger partial charge in [-0.15, -0.1) is 0 Å². The van der Waals surface area contributed by atoms with Gasteiger partial charge in [-0.1, -0.05) is 126 Å². The average molecular weight is 881 g/mol. The van der Waals surface area contributed by atoms with Crippen molar-refractivity contribution >= 4 is 35.4 Å². The predicted octanol–water partition coefficient (Wildman–Crippen LogP) is 8.58. The van der Waals surface area contributed by atoms with Crippen LogP contribution in [0.1, 0.15) is 66.8 Å². The number of hydrogen-bond donors (Lipinski definition) is 1. The summed E-state index contributed by atoms with van der Waals surface area (Å²) in [5.74, 6) is -0.313. The van der Waals surface area contributed by atoms with Crippen molar-refractivity contribution in [2.75, 3.05) is 26.4 Å². The minimum Gasteiger partial charge on any atom is -0.508 e. The van der Waals surface area contributed by atoms with Gasteiger partial charge in [0.05, 0.1) is 23.5 Å². The van der Waals surface area contributed by atoms with Crippen molar-refractivity contribution in [2.24, 2.45) is 10.3 Å². The van der Waals surface area contributed by atoms with Gasteiger partial charge in [-0.2, -0.15) is 0 Å². The third-order valence-electron chi connectivity index (χ3n) is 11.7. The van der Waals surface area contributed by atoms with Gasteiger partial charge in [0.1, 0.15) is 44.5 Å². The Kier molecular flexibility index (Phi) is 14.4. The number of rotatable bonds is 15. The van der Waals surface area contributed by atoms with E-state index in [9.17, 15) is 24.3 Å². The molecule has 1 N–H and O–H groups in total. The first-order chi connectivity index (χ1) is 31.8. The maximum absolute atomic E-state index is 13.4. The van der Waals surface area contributed by atoms with Gasteiger partial charge >= 0.3 is 12.2 Å². The SMILES string of the molecule is O=C(C[C@H](C1=NOCC1)c1ccc(O)cc1)N1C(=O)OC[C@@H]1Cc1ccccc1.O=C(C[C@H](C1=NOCC1)c1ccc(OCc2ccccc2)cc1)N1C(=O)OC[C@@H]1Cc1ccccc1.[HH]. The molecule has 0 saturated carbocycles. The summed E-state index contributed by atoms with van der Waals surface area (Å²) in [6.07, 6.45) is 1.35. The summed E-state index contributed by atoms with van der Waals surface area (Å²) in [6.45, 7) is 1.82. The molecule has 4 amide bonds. The van der Waals surface area contributed by atoms with Crippen LogP contribution in [-0.4, -0.2) is 88.8 Å². The summed E-state index contributed by atoms with van der Waals surface area (Å²) in [7, 11) is 0. The number of hydrogen-bond acceptors (Lipinski definition) is 12. The van der Waals surface area contributed by atoms with E-state index in [4.69, 9.17) is 23.9 Å². The second kappa shape index (κ2) is 21.3. The number of oxime groups is 2. The Morgan fingerprint density at radius 3 is 1.43 bits per heavy atom. The first-order valence-corrected chi connectivity index (χ1v) is 21.8. The summed E-state index contributed by atoms with van der Waals surface area (Å²) in [5, 5.41) is 17.9. The maximum Gasteiger partial charge on any atom is 0.416 e. The minimum atomic E-state index is -0.606. The van der Waals surface area contributed by atoms with E-state index in [0.717, 1.165) is 45.0 Å². The molecule has 0 spiro atoms. The predicted molar refractivity (Wildman–Crippen MR) is 242 cm³/mol. The maximum atomic E-state index is 13.4. The molecule has 2 fully saturated rings. The highest BCUT2D eigenvalue weighted by Crippen LogP contribution is 2.32. The van der Waals surface area contributed by atoms with Gasteiger partial charge in [-0.05, 0) is 64.9 Å². The van der Waals surface area contributed by atoms with Crippen LogP contribution in [0.2, 0.25) is 0 Å². The van der Waals surface area contributed by atoms with Crippen LogP contribution in [0.3, 0.4) is 0 Å². The van der Waals surface area contributed by atoms with Gasteiger partial charge in [-0.3, -0.25) is 9.59 Å². The number of carbonyl (C=O) groups excluding carboxylic acids is 4. The number of phenols is 1. The van der Waals surface area contributed by atoms with Gasteiger partial charge in [0.15, 0.2) is 0 Å². The quantitative estimate of drug-likeness (QED) is 0.108. The number of ether oxygens (including phenoxy) is 3. The molecular weight excluding hydrogens is 829 g/mol. The molecule has 5 aromatic carbocycles. The van der Waals surface area contributed by atoms with E-state index in [0.29, 0.717) is 45.5 Å². The molecule has 0 aromatic heterocycles. The van der Waals surface area contributed by atoms with Crippen LogP contribution in [0, 0.1) is 0 Å². The number of benzene rings is 5. The van der Waals surface area contributed by atoms with Crippen molar-refractivity contribution in [3.05, 3.63) is 167 Å². The van der Waals surface area contributed by atoms with Crippen LogP contribution in [0.25, 0.3) is 0 Å². The third kappa shape index (κ3) is 11.4. The minimum absolute atomic E-state index is 0. The monoisotopic (exact) mass is 880 g/mol. The van der Waals surface area contributed by atoms with Crippen LogP contribution in [-0.2, 0) is 48.2 Å². The molecule has 336 valence electrons. The topological polar surface area (TPSA) is 166 Å². The van der Waals surface area contributed by atoms with Crippen LogP contribution in [0.15, 0.2) is 150 Å². The summed E-state index contributed by atoms with van der Waals surface area (Å²) in [4.78, 5) is 64.3. The molecule has 9 rings (SSSR count). The molecule has 4 heterocycles. The number of cyclic esters (lactones) is 2. The fourth-order valence-corrected chi connectivity index (χ4v) is 8.38. The Bertz CT molecular complexity index is 2470. The lowest BCUT2D eigenvalue weighted by molar-refractivity contribution is -0.130. The Morgan fingerprint density at radius 1 is 0.600 bits per heavy atom. The highest BCUT2D eigenvalue weighted by atomic mass is 16.6. The lowest BCUT2D eigenvalue weighted by atomic mass is 9.89. The van der Waals surface area contributed by atoms with Crippen LogP contribution >= 0.6 is 0 Å². The van der Waals surface area contributed by atoms with Gasteiger partial charge in [0.2, 0.25) is 11.8 Å². The van der Waals surface area contributed by atoms with Crippen LogP contribution in [0.4, 0.5) is 9.59 Å². The molecule has 4 atom stereocenters. The highest BCUT2D eigenvalue weighted by Gasteiger charge is 2.41. The van der Waals surface area contributed by atoms with Gasteiger partial charge < -0.3 is 29.0 Å². The van der Waals surface area contributed by atoms with E-state index < -0.39 is 12.2 Å². The number of nitrogens with zero attached hydrogens (tertiary/aromatic N) is 4. The van der Waals surface area contributed by atoms with Crippen LogP contribution in [0.5, 0.6) is 11.5 Å². The van der Waals surface area contributed by atoms with E-state index >= 15 is 0 Å². The van der Waals surface area contributed by atoms with Crippen molar-refractivity contribution in [2.45, 2.75) is 69.1 Å². The molecular formula is C51H52N4O10. The van der Waals surface area contributed by atoms with Crippen molar-refractivity contribution in [3.63, 3.8) is 0 Å². The number of carbonyl (C=O) groups is 4. The summed E-state index contributed by atoms with van der Waals surface area (Å²) in [6, 6.07) is 43.2. The standard InChI is InChI=1S/C29H28N2O5.C22H22N2O5.H2/c32-28(31-24(20-35-29(31)33)17-21-7-3-1-4-8-21)18-26(27-15-16-36-30-27)23-11-13-25(14-12-23)34-19-22-9-5-2-6-10-22;25-18-8-6-16(7-9-18)19(20-10-11-29-23-20)13-21(26)24-17(14-28-22(24)27)12-15-4-2-1-3-5-15;/h1-14,24,26H,15-20H2;1-9,17,19,25H,10-14H2;1H/t24-,26-;17-,19-;/m00./s1. The smallest absolute Gasteiger partial charge is 0.416 e. The molecule has 5 aromatic rings. The molecule has 65 heavy (non-hydrogen) atoms. The van der Waals surface area contributed by atoms with Crippen LogP contribution < -0.4 is 4.74 Å². The fraction of sp³-hybridized carbons (Fsp3) is 0.294.